The van der Waals surface area contributed by atoms with E-state index < -0.39 is 0 Å². The molecule has 2 aromatic rings. The summed E-state index contributed by atoms with van der Waals surface area (Å²) in [6.07, 6.45) is 0. The number of benzene rings is 1. The smallest absolute Gasteiger partial charge is 0.265 e. The van der Waals surface area contributed by atoms with E-state index in [2.05, 4.69) is 4.98 Å². The first-order chi connectivity index (χ1) is 7.24. The van der Waals surface area contributed by atoms with Gasteiger partial charge in [-0.25, -0.2) is 4.98 Å². The number of aromatic nitrogens is 1. The Morgan fingerprint density at radius 3 is 3.07 bits per heavy atom. The number of fused-ring (bicyclic) bond motifs is 1. The molecule has 1 aromatic heterocycles. The van der Waals surface area contributed by atoms with Crippen LogP contribution in [0.5, 0.6) is 0 Å². The van der Waals surface area contributed by atoms with Gasteiger partial charge in [-0.1, -0.05) is 0 Å². The first-order valence-corrected chi connectivity index (χ1v) is 4.68. The monoisotopic (exact) mass is 220 g/mol. The van der Waals surface area contributed by atoms with Gasteiger partial charge in [-0.05, 0) is 12.1 Å². The highest BCUT2D eigenvalue weighted by Crippen LogP contribution is 2.17. The van der Waals surface area contributed by atoms with Crippen LogP contribution in [-0.4, -0.2) is 16.6 Å². The quantitative estimate of drug-likeness (QED) is 0.574. The minimum Gasteiger partial charge on any atom is -0.434 e. The Kier molecular flexibility index (Phi) is 2.40. The molecule has 0 saturated heterocycles. The summed E-state index contributed by atoms with van der Waals surface area (Å²) in [6.45, 7) is 0. The van der Waals surface area contributed by atoms with E-state index in [-0.39, 0.29) is 17.6 Å². The van der Waals surface area contributed by atoms with Gasteiger partial charge in [0.2, 0.25) is 5.78 Å². The van der Waals surface area contributed by atoms with Gasteiger partial charge in [-0.2, -0.15) is 5.26 Å². The summed E-state index contributed by atoms with van der Waals surface area (Å²) < 4.78 is 5.17. The number of nitriles is 1. The van der Waals surface area contributed by atoms with Crippen molar-refractivity contribution in [3.05, 3.63) is 29.7 Å². The summed E-state index contributed by atoms with van der Waals surface area (Å²) in [5, 5.41) is 8.66. The van der Waals surface area contributed by atoms with E-state index in [1.165, 1.54) is 6.07 Å². The Hall–Kier alpha value is -1.86. The van der Waals surface area contributed by atoms with E-state index in [0.29, 0.717) is 16.7 Å². The Morgan fingerprint density at radius 2 is 2.40 bits per heavy atom. The van der Waals surface area contributed by atoms with Gasteiger partial charge in [0.05, 0.1) is 17.5 Å². The SMILES string of the molecule is N#Cc1ccc2nc(C(=O)CCl)oc2c1. The predicted octanol–water partition coefficient (Wildman–Crippen LogP) is 2.12. The van der Waals surface area contributed by atoms with Crippen LogP contribution in [0.2, 0.25) is 0 Å². The van der Waals surface area contributed by atoms with Gasteiger partial charge in [0.15, 0.2) is 5.58 Å². The van der Waals surface area contributed by atoms with Crippen molar-refractivity contribution in [2.45, 2.75) is 0 Å². The number of ketones is 1. The highest BCUT2D eigenvalue weighted by atomic mass is 35.5. The van der Waals surface area contributed by atoms with E-state index in [1.807, 2.05) is 6.07 Å². The highest BCUT2D eigenvalue weighted by Gasteiger charge is 2.13. The lowest BCUT2D eigenvalue weighted by Crippen LogP contribution is -1.99. The molecule has 74 valence electrons. The van der Waals surface area contributed by atoms with Crippen LogP contribution in [0.4, 0.5) is 0 Å². The minimum atomic E-state index is -0.369. The molecule has 1 heterocycles. The van der Waals surface area contributed by atoms with E-state index in [1.54, 1.807) is 12.1 Å². The third-order valence-electron chi connectivity index (χ3n) is 1.88. The maximum absolute atomic E-state index is 11.2. The van der Waals surface area contributed by atoms with Crippen molar-refractivity contribution in [1.29, 1.82) is 5.26 Å². The maximum Gasteiger partial charge on any atom is 0.265 e. The average molecular weight is 221 g/mol. The van der Waals surface area contributed by atoms with Crippen molar-refractivity contribution in [2.75, 3.05) is 5.88 Å². The average Bonchev–Trinajstić information content (AvgIpc) is 2.70. The molecule has 1 aromatic carbocycles. The second kappa shape index (κ2) is 3.71. The molecule has 0 spiro atoms. The van der Waals surface area contributed by atoms with Crippen molar-refractivity contribution in [1.82, 2.24) is 4.98 Å². The summed E-state index contributed by atoms with van der Waals surface area (Å²) >= 11 is 5.37. The summed E-state index contributed by atoms with van der Waals surface area (Å²) in [5.41, 5.74) is 1.42. The summed E-state index contributed by atoms with van der Waals surface area (Å²) in [7, 11) is 0. The number of oxazole rings is 1. The zero-order valence-electron chi connectivity index (χ0n) is 7.53. The van der Waals surface area contributed by atoms with Crippen LogP contribution in [0, 0.1) is 11.3 Å². The molecule has 2 rings (SSSR count). The second-order valence-electron chi connectivity index (χ2n) is 2.87. The number of nitrogens with zero attached hydrogens (tertiary/aromatic N) is 2. The lowest BCUT2D eigenvalue weighted by molar-refractivity contribution is 0.0986. The van der Waals surface area contributed by atoms with E-state index in [9.17, 15) is 4.79 Å². The predicted molar refractivity (Wildman–Crippen MR) is 53.8 cm³/mol. The second-order valence-corrected chi connectivity index (χ2v) is 3.14. The molecule has 0 N–H and O–H groups in total. The zero-order chi connectivity index (χ0) is 10.8. The van der Waals surface area contributed by atoms with Crippen molar-refractivity contribution in [3.63, 3.8) is 0 Å². The van der Waals surface area contributed by atoms with Crippen LogP contribution in [0.1, 0.15) is 16.2 Å². The van der Waals surface area contributed by atoms with Crippen LogP contribution in [-0.2, 0) is 0 Å². The summed E-state index contributed by atoms with van der Waals surface area (Å²) in [4.78, 5) is 15.1. The van der Waals surface area contributed by atoms with Crippen molar-refractivity contribution >= 4 is 28.5 Å². The number of rotatable bonds is 2. The zero-order valence-corrected chi connectivity index (χ0v) is 8.28. The molecule has 0 aliphatic carbocycles. The van der Waals surface area contributed by atoms with Gasteiger partial charge in [-0.3, -0.25) is 4.79 Å². The summed E-state index contributed by atoms with van der Waals surface area (Å²) in [6, 6.07) is 6.75. The lowest BCUT2D eigenvalue weighted by atomic mass is 10.2. The Bertz CT molecular complexity index is 568. The Labute approximate surface area is 90.1 Å². The van der Waals surface area contributed by atoms with Crippen LogP contribution in [0.15, 0.2) is 22.6 Å². The summed E-state index contributed by atoms with van der Waals surface area (Å²) in [5.74, 6) is -0.556. The number of hydrogen-bond acceptors (Lipinski definition) is 4. The molecule has 0 aliphatic heterocycles. The number of hydrogen-bond donors (Lipinski definition) is 0. The minimum absolute atomic E-state index is 0.0184. The maximum atomic E-state index is 11.2. The molecule has 0 aliphatic rings. The third-order valence-corrected chi connectivity index (χ3v) is 2.12. The van der Waals surface area contributed by atoms with Crippen LogP contribution in [0.25, 0.3) is 11.1 Å². The molecule has 0 atom stereocenters. The van der Waals surface area contributed by atoms with Gasteiger partial charge in [0.1, 0.15) is 5.52 Å². The van der Waals surface area contributed by atoms with Gasteiger partial charge < -0.3 is 4.42 Å². The molecule has 15 heavy (non-hydrogen) atoms. The molecule has 0 saturated carbocycles. The van der Waals surface area contributed by atoms with Crippen molar-refractivity contribution < 1.29 is 9.21 Å². The first-order valence-electron chi connectivity index (χ1n) is 4.14. The van der Waals surface area contributed by atoms with Crippen LogP contribution >= 0.6 is 11.6 Å². The topological polar surface area (TPSA) is 66.9 Å². The number of carbonyl (C=O) groups excluding carboxylic acids is 1. The molecule has 0 bridgehead atoms. The van der Waals surface area contributed by atoms with Gasteiger partial charge >= 0.3 is 0 Å². The standard InChI is InChI=1S/C10H5ClN2O2/c11-4-8(14)10-13-7-2-1-6(5-12)3-9(7)15-10/h1-3H,4H2. The van der Waals surface area contributed by atoms with E-state index >= 15 is 0 Å². The third kappa shape index (κ3) is 1.69. The molecule has 4 nitrogen and oxygen atoms in total. The van der Waals surface area contributed by atoms with Crippen LogP contribution in [0.3, 0.4) is 0 Å². The van der Waals surface area contributed by atoms with Crippen molar-refractivity contribution in [2.24, 2.45) is 0 Å². The molecule has 0 amide bonds. The van der Waals surface area contributed by atoms with Crippen LogP contribution < -0.4 is 0 Å². The molecular weight excluding hydrogens is 216 g/mol. The molecule has 0 radical (unpaired) electrons. The molecule has 0 fully saturated rings. The van der Waals surface area contributed by atoms with Gasteiger partial charge in [0.25, 0.3) is 5.89 Å². The van der Waals surface area contributed by atoms with Gasteiger partial charge in [-0.15, -0.1) is 11.6 Å². The van der Waals surface area contributed by atoms with E-state index in [0.717, 1.165) is 0 Å². The highest BCUT2D eigenvalue weighted by molar-refractivity contribution is 6.29. The Morgan fingerprint density at radius 1 is 1.60 bits per heavy atom. The number of halogens is 1. The molecule has 5 heteroatoms. The van der Waals surface area contributed by atoms with Crippen molar-refractivity contribution in [3.8, 4) is 6.07 Å². The van der Waals surface area contributed by atoms with E-state index in [4.69, 9.17) is 21.3 Å². The van der Waals surface area contributed by atoms with Gasteiger partial charge in [0, 0.05) is 6.07 Å². The molecular formula is C10H5ClN2O2. The Balaban J connectivity index is 2.57. The number of Topliss-reactive ketones (excluding diaryl/α,β-unsaturated/α-hetero) is 1. The fourth-order valence-electron chi connectivity index (χ4n) is 1.17. The lowest BCUT2D eigenvalue weighted by Gasteiger charge is -1.86. The molecule has 0 unspecified atom stereocenters. The normalized spacial score (nSPS) is 10.1. The fourth-order valence-corrected chi connectivity index (χ4v) is 1.28. The number of carbonyl (C=O) groups is 1. The number of alkyl halides is 1. The first kappa shape index (κ1) is 9.69. The fraction of sp³-hybridized carbons (Fsp3) is 0.100. The largest absolute Gasteiger partial charge is 0.434 e.